The molecule has 118 valence electrons. The van der Waals surface area contributed by atoms with Crippen LogP contribution in [0.15, 0.2) is 38.8 Å². The maximum atomic E-state index is 12.9. The minimum Gasteiger partial charge on any atom is -0.403 e. The topological polar surface area (TPSA) is 68.0 Å². The summed E-state index contributed by atoms with van der Waals surface area (Å²) in [5.41, 5.74) is 0.419. The van der Waals surface area contributed by atoms with E-state index in [2.05, 4.69) is 15.5 Å². The molecule has 3 heterocycles. The Balaban J connectivity index is 1.57. The van der Waals surface area contributed by atoms with E-state index in [0.717, 1.165) is 36.1 Å². The predicted octanol–water partition coefficient (Wildman–Crippen LogP) is 4.31. The van der Waals surface area contributed by atoms with Gasteiger partial charge in [0.25, 0.3) is 5.89 Å². The lowest BCUT2D eigenvalue weighted by atomic mass is 9.83. The number of carbonyl (C=O) groups excluding carboxylic acids is 1. The highest BCUT2D eigenvalue weighted by molar-refractivity contribution is 7.10. The quantitative estimate of drug-likeness (QED) is 0.765. The van der Waals surface area contributed by atoms with Crippen molar-refractivity contribution < 1.29 is 9.21 Å². The van der Waals surface area contributed by atoms with E-state index >= 15 is 0 Å². The van der Waals surface area contributed by atoms with E-state index in [0.29, 0.717) is 5.89 Å². The molecule has 1 aliphatic rings. The summed E-state index contributed by atoms with van der Waals surface area (Å²) in [6, 6.07) is 6.11. The highest BCUT2D eigenvalue weighted by Gasteiger charge is 2.44. The molecule has 0 aromatic carbocycles. The number of thiophene rings is 2. The van der Waals surface area contributed by atoms with E-state index < -0.39 is 5.41 Å². The van der Waals surface area contributed by atoms with E-state index in [1.807, 2.05) is 34.3 Å². The van der Waals surface area contributed by atoms with Crippen molar-refractivity contribution in [3.8, 4) is 11.5 Å². The van der Waals surface area contributed by atoms with Crippen LogP contribution < -0.4 is 5.32 Å². The third kappa shape index (κ3) is 2.60. The average Bonchev–Trinajstić information content (AvgIpc) is 3.31. The van der Waals surface area contributed by atoms with Crippen molar-refractivity contribution in [1.82, 2.24) is 10.2 Å². The maximum Gasteiger partial charge on any atom is 0.322 e. The second-order valence-corrected chi connectivity index (χ2v) is 7.37. The highest BCUT2D eigenvalue weighted by atomic mass is 32.1. The van der Waals surface area contributed by atoms with E-state index in [-0.39, 0.29) is 11.9 Å². The molecule has 23 heavy (non-hydrogen) atoms. The molecule has 1 aliphatic carbocycles. The van der Waals surface area contributed by atoms with Crippen molar-refractivity contribution >= 4 is 34.6 Å². The van der Waals surface area contributed by atoms with Gasteiger partial charge in [-0.15, -0.1) is 16.4 Å². The molecule has 0 aliphatic heterocycles. The lowest BCUT2D eigenvalue weighted by molar-refractivity contribution is -0.121. The van der Waals surface area contributed by atoms with Gasteiger partial charge in [-0.2, -0.15) is 11.3 Å². The molecule has 1 saturated carbocycles. The summed E-state index contributed by atoms with van der Waals surface area (Å²) in [6.07, 6.45) is 3.86. The van der Waals surface area contributed by atoms with Crippen LogP contribution in [0.25, 0.3) is 11.5 Å². The molecule has 5 nitrogen and oxygen atoms in total. The lowest BCUT2D eigenvalue weighted by Crippen LogP contribution is -2.37. The molecule has 3 aromatic heterocycles. The van der Waals surface area contributed by atoms with Crippen LogP contribution in [0, 0.1) is 0 Å². The summed E-state index contributed by atoms with van der Waals surface area (Å²) >= 11 is 3.20. The van der Waals surface area contributed by atoms with Crippen molar-refractivity contribution in [2.75, 3.05) is 5.32 Å². The van der Waals surface area contributed by atoms with Gasteiger partial charge in [0, 0.05) is 15.8 Å². The van der Waals surface area contributed by atoms with E-state index in [4.69, 9.17) is 4.42 Å². The number of anilines is 1. The van der Waals surface area contributed by atoms with E-state index in [1.165, 1.54) is 0 Å². The van der Waals surface area contributed by atoms with Gasteiger partial charge in [-0.05, 0) is 35.7 Å². The molecule has 0 bridgehead atoms. The molecule has 1 amide bonds. The largest absolute Gasteiger partial charge is 0.403 e. The fourth-order valence-corrected chi connectivity index (χ4v) is 4.72. The standard InChI is InChI=1S/C16H15N3O2S2/c20-14(16(6-1-2-7-16)12-4-3-8-23-12)17-15-19-18-13(21-15)11-5-9-22-10-11/h3-5,8-10H,1-2,6-7H2,(H,17,19,20). The van der Waals surface area contributed by atoms with Gasteiger partial charge < -0.3 is 4.42 Å². The van der Waals surface area contributed by atoms with Crippen LogP contribution >= 0.6 is 22.7 Å². The van der Waals surface area contributed by atoms with Gasteiger partial charge in [0.1, 0.15) is 0 Å². The summed E-state index contributed by atoms with van der Waals surface area (Å²) in [7, 11) is 0. The van der Waals surface area contributed by atoms with Crippen LogP contribution in [-0.2, 0) is 10.2 Å². The van der Waals surface area contributed by atoms with Crippen LogP contribution in [0.4, 0.5) is 6.01 Å². The summed E-state index contributed by atoms with van der Waals surface area (Å²) in [5, 5.41) is 16.7. The Kier molecular flexibility index (Phi) is 3.74. The van der Waals surface area contributed by atoms with Crippen LogP contribution in [0.5, 0.6) is 0 Å². The number of carbonyl (C=O) groups is 1. The lowest BCUT2D eigenvalue weighted by Gasteiger charge is -2.25. The van der Waals surface area contributed by atoms with Gasteiger partial charge in [-0.3, -0.25) is 10.1 Å². The second-order valence-electron chi connectivity index (χ2n) is 5.65. The predicted molar refractivity (Wildman–Crippen MR) is 90.7 cm³/mol. The molecule has 7 heteroatoms. The minimum atomic E-state index is -0.453. The first-order chi connectivity index (χ1) is 11.3. The van der Waals surface area contributed by atoms with Crippen LogP contribution in [0.2, 0.25) is 0 Å². The molecular weight excluding hydrogens is 330 g/mol. The van der Waals surface area contributed by atoms with E-state index in [9.17, 15) is 4.79 Å². The number of aromatic nitrogens is 2. The normalized spacial score (nSPS) is 16.5. The highest BCUT2D eigenvalue weighted by Crippen LogP contribution is 2.43. The number of hydrogen-bond acceptors (Lipinski definition) is 6. The molecule has 3 aromatic rings. The SMILES string of the molecule is O=C(Nc1nnc(-c2ccsc2)o1)C1(c2cccs2)CCCC1. The second kappa shape index (κ2) is 5.90. The Morgan fingerprint density at radius 2 is 2.09 bits per heavy atom. The molecular formula is C16H15N3O2S2. The van der Waals surface area contributed by atoms with Gasteiger partial charge in [0.2, 0.25) is 5.91 Å². The minimum absolute atomic E-state index is 0.0435. The Morgan fingerprint density at radius 3 is 2.78 bits per heavy atom. The van der Waals surface area contributed by atoms with Crippen LogP contribution in [0.1, 0.15) is 30.6 Å². The zero-order valence-corrected chi connectivity index (χ0v) is 14.0. The number of rotatable bonds is 4. The number of nitrogens with zero attached hydrogens (tertiary/aromatic N) is 2. The average molecular weight is 345 g/mol. The van der Waals surface area contributed by atoms with Crippen LogP contribution in [-0.4, -0.2) is 16.1 Å². The van der Waals surface area contributed by atoms with Gasteiger partial charge in [-0.1, -0.05) is 24.0 Å². The number of amides is 1. The molecule has 0 unspecified atom stereocenters. The molecule has 0 spiro atoms. The van der Waals surface area contributed by atoms with Crippen molar-refractivity contribution in [1.29, 1.82) is 0 Å². The first kappa shape index (κ1) is 14.6. The Labute approximate surface area is 141 Å². The van der Waals surface area contributed by atoms with Crippen molar-refractivity contribution in [2.24, 2.45) is 0 Å². The third-order valence-corrected chi connectivity index (χ3v) is 6.06. The molecule has 0 saturated heterocycles. The van der Waals surface area contributed by atoms with Crippen molar-refractivity contribution in [2.45, 2.75) is 31.1 Å². The Bertz CT molecular complexity index is 787. The van der Waals surface area contributed by atoms with E-state index in [1.54, 1.807) is 22.7 Å². The van der Waals surface area contributed by atoms with Gasteiger partial charge >= 0.3 is 6.01 Å². The molecule has 1 fully saturated rings. The summed E-state index contributed by atoms with van der Waals surface area (Å²) < 4.78 is 5.58. The smallest absolute Gasteiger partial charge is 0.322 e. The zero-order chi connectivity index (χ0) is 15.7. The molecule has 4 rings (SSSR count). The fourth-order valence-electron chi connectivity index (χ4n) is 3.11. The first-order valence-corrected chi connectivity index (χ1v) is 9.32. The number of hydrogen-bond donors (Lipinski definition) is 1. The van der Waals surface area contributed by atoms with Gasteiger partial charge in [-0.25, -0.2) is 0 Å². The van der Waals surface area contributed by atoms with Crippen molar-refractivity contribution in [3.63, 3.8) is 0 Å². The molecule has 0 radical (unpaired) electrons. The zero-order valence-electron chi connectivity index (χ0n) is 12.3. The summed E-state index contributed by atoms with van der Waals surface area (Å²) in [6.45, 7) is 0. The summed E-state index contributed by atoms with van der Waals surface area (Å²) in [4.78, 5) is 14.0. The number of nitrogens with one attached hydrogen (secondary N) is 1. The maximum absolute atomic E-state index is 12.9. The summed E-state index contributed by atoms with van der Waals surface area (Å²) in [5.74, 6) is 0.385. The Morgan fingerprint density at radius 1 is 1.22 bits per heavy atom. The molecule has 1 N–H and O–H groups in total. The molecule has 0 atom stereocenters. The fraction of sp³-hybridized carbons (Fsp3) is 0.312. The Hall–Kier alpha value is -1.99. The monoisotopic (exact) mass is 345 g/mol. The van der Waals surface area contributed by atoms with Crippen LogP contribution in [0.3, 0.4) is 0 Å². The van der Waals surface area contributed by atoms with Crippen molar-refractivity contribution in [3.05, 3.63) is 39.2 Å². The van der Waals surface area contributed by atoms with Gasteiger partial charge in [0.15, 0.2) is 0 Å². The first-order valence-electron chi connectivity index (χ1n) is 7.49. The third-order valence-electron chi connectivity index (χ3n) is 4.30. The van der Waals surface area contributed by atoms with Gasteiger partial charge in [0.05, 0.1) is 5.41 Å².